The van der Waals surface area contributed by atoms with Crippen LogP contribution in [0.1, 0.15) is 19.8 Å². The van der Waals surface area contributed by atoms with Gasteiger partial charge >= 0.3 is 5.97 Å². The number of esters is 1. The van der Waals surface area contributed by atoms with E-state index < -0.39 is 11.9 Å². The number of amides is 1. The molecule has 5 nitrogen and oxygen atoms in total. The normalized spacial score (nSPS) is 9.90. The molecule has 0 aliphatic carbocycles. The second-order valence-corrected chi connectivity index (χ2v) is 4.96. The van der Waals surface area contributed by atoms with Gasteiger partial charge < -0.3 is 14.8 Å². The Balaban J connectivity index is 2.40. The molecule has 0 bridgehead atoms. The van der Waals surface area contributed by atoms with Gasteiger partial charge in [0.2, 0.25) is 0 Å². The quantitative estimate of drug-likeness (QED) is 0.617. The molecule has 1 rings (SSSR count). The number of para-hydroxylation sites is 1. The zero-order chi connectivity index (χ0) is 15.0. The van der Waals surface area contributed by atoms with Gasteiger partial charge in [-0.25, -0.2) is 0 Å². The third-order valence-electron chi connectivity index (χ3n) is 2.43. The van der Waals surface area contributed by atoms with Gasteiger partial charge in [-0.15, -0.1) is 11.8 Å². The predicted molar refractivity (Wildman–Crippen MR) is 77.7 cm³/mol. The molecule has 108 valence electrons. The Morgan fingerprint density at radius 3 is 2.55 bits per heavy atom. The molecule has 1 aromatic carbocycles. The minimum atomic E-state index is -0.548. The molecule has 0 saturated carbocycles. The number of carbonyl (C=O) groups is 3. The zero-order valence-corrected chi connectivity index (χ0v) is 12.3. The minimum absolute atomic E-state index is 0.00398. The van der Waals surface area contributed by atoms with E-state index in [1.54, 1.807) is 6.07 Å². The smallest absolute Gasteiger partial charge is 0.306 e. The molecular formula is C14H17NO4S. The molecule has 0 spiro atoms. The number of rotatable bonds is 7. The molecule has 0 heterocycles. The van der Waals surface area contributed by atoms with Crippen LogP contribution in [-0.4, -0.2) is 30.5 Å². The van der Waals surface area contributed by atoms with Crippen LogP contribution in [0.4, 0.5) is 5.69 Å². The molecule has 1 aromatic rings. The summed E-state index contributed by atoms with van der Waals surface area (Å²) in [6.07, 6.45) is 2.05. The van der Waals surface area contributed by atoms with Crippen LogP contribution in [0, 0.1) is 0 Å². The maximum atomic E-state index is 11.7. The van der Waals surface area contributed by atoms with E-state index >= 15 is 0 Å². The van der Waals surface area contributed by atoms with Gasteiger partial charge in [0.05, 0.1) is 12.1 Å². The van der Waals surface area contributed by atoms with Crippen LogP contribution in [0.5, 0.6) is 0 Å². The average molecular weight is 295 g/mol. The lowest BCUT2D eigenvalue weighted by Crippen LogP contribution is -2.21. The van der Waals surface area contributed by atoms with Crippen molar-refractivity contribution in [3.05, 3.63) is 24.3 Å². The number of benzene rings is 1. The van der Waals surface area contributed by atoms with Crippen LogP contribution >= 0.6 is 11.8 Å². The summed E-state index contributed by atoms with van der Waals surface area (Å²) < 4.78 is 4.79. The summed E-state index contributed by atoms with van der Waals surface area (Å²) in [5.41, 5.74) is 0.685. The van der Waals surface area contributed by atoms with Crippen molar-refractivity contribution in [2.75, 3.05) is 18.2 Å². The lowest BCUT2D eigenvalue weighted by Gasteiger charge is -2.09. The summed E-state index contributed by atoms with van der Waals surface area (Å²) in [7, 11) is 0. The number of nitrogens with one attached hydrogen (secondary N) is 1. The van der Waals surface area contributed by atoms with E-state index in [0.29, 0.717) is 5.69 Å². The number of hydrogen-bond acceptors (Lipinski definition) is 5. The van der Waals surface area contributed by atoms with Crippen LogP contribution in [0.25, 0.3) is 0 Å². The first-order chi connectivity index (χ1) is 9.52. The fourth-order valence-electron chi connectivity index (χ4n) is 1.43. The second-order valence-electron chi connectivity index (χ2n) is 4.11. The monoisotopic (exact) mass is 295 g/mol. The molecule has 0 saturated heterocycles. The van der Waals surface area contributed by atoms with Crippen molar-refractivity contribution in [1.29, 1.82) is 0 Å². The van der Waals surface area contributed by atoms with Crippen LogP contribution in [0.2, 0.25) is 0 Å². The average Bonchev–Trinajstić information content (AvgIpc) is 2.43. The van der Waals surface area contributed by atoms with Crippen LogP contribution < -0.4 is 5.32 Å². The van der Waals surface area contributed by atoms with Crippen molar-refractivity contribution in [3.63, 3.8) is 0 Å². The van der Waals surface area contributed by atoms with Crippen molar-refractivity contribution in [2.45, 2.75) is 24.7 Å². The van der Waals surface area contributed by atoms with Gasteiger partial charge in [0, 0.05) is 11.3 Å². The van der Waals surface area contributed by atoms with Crippen LogP contribution in [0.3, 0.4) is 0 Å². The van der Waals surface area contributed by atoms with Gasteiger partial charge in [-0.05, 0) is 25.3 Å². The lowest BCUT2D eigenvalue weighted by atomic mass is 10.2. The number of hydrogen-bond donors (Lipinski definition) is 1. The van der Waals surface area contributed by atoms with E-state index in [2.05, 4.69) is 5.32 Å². The Morgan fingerprint density at radius 2 is 1.90 bits per heavy atom. The van der Waals surface area contributed by atoms with Crippen molar-refractivity contribution < 1.29 is 19.1 Å². The molecular weight excluding hydrogens is 278 g/mol. The summed E-state index contributed by atoms with van der Waals surface area (Å²) in [4.78, 5) is 34.6. The third-order valence-corrected chi connectivity index (χ3v) is 3.22. The number of thioether (sulfide) groups is 1. The maximum Gasteiger partial charge on any atom is 0.306 e. The highest BCUT2D eigenvalue weighted by Gasteiger charge is 2.10. The van der Waals surface area contributed by atoms with Gasteiger partial charge in [0.1, 0.15) is 5.78 Å². The Hall–Kier alpha value is -1.82. The van der Waals surface area contributed by atoms with Crippen molar-refractivity contribution in [2.24, 2.45) is 0 Å². The molecule has 6 heteroatoms. The maximum absolute atomic E-state index is 11.7. The van der Waals surface area contributed by atoms with E-state index in [-0.39, 0.29) is 25.2 Å². The molecule has 0 radical (unpaired) electrons. The Kier molecular flexibility index (Phi) is 6.79. The molecule has 0 aliphatic heterocycles. The van der Waals surface area contributed by atoms with Crippen molar-refractivity contribution in [3.8, 4) is 0 Å². The van der Waals surface area contributed by atoms with Gasteiger partial charge in [0.15, 0.2) is 6.61 Å². The van der Waals surface area contributed by atoms with Crippen molar-refractivity contribution in [1.82, 2.24) is 0 Å². The number of anilines is 1. The highest BCUT2D eigenvalue weighted by Crippen LogP contribution is 2.24. The highest BCUT2D eigenvalue weighted by molar-refractivity contribution is 7.98. The number of carbonyl (C=O) groups excluding carboxylic acids is 3. The summed E-state index contributed by atoms with van der Waals surface area (Å²) in [6, 6.07) is 7.36. The largest absolute Gasteiger partial charge is 0.456 e. The van der Waals surface area contributed by atoms with E-state index in [4.69, 9.17) is 4.74 Å². The van der Waals surface area contributed by atoms with E-state index in [1.807, 2.05) is 24.5 Å². The van der Waals surface area contributed by atoms with E-state index in [9.17, 15) is 14.4 Å². The van der Waals surface area contributed by atoms with Gasteiger partial charge in [-0.1, -0.05) is 12.1 Å². The third kappa shape index (κ3) is 5.88. The molecule has 0 aliphatic rings. The summed E-state index contributed by atoms with van der Waals surface area (Å²) in [5, 5.41) is 2.68. The zero-order valence-electron chi connectivity index (χ0n) is 11.5. The topological polar surface area (TPSA) is 72.5 Å². The van der Waals surface area contributed by atoms with Crippen LogP contribution in [0.15, 0.2) is 29.2 Å². The summed E-state index contributed by atoms with van der Waals surface area (Å²) in [6.45, 7) is 1.05. The Labute approximate surface area is 122 Å². The molecule has 0 atom stereocenters. The fourth-order valence-corrected chi connectivity index (χ4v) is 1.98. The first kappa shape index (κ1) is 16.2. The second kappa shape index (κ2) is 8.37. The Bertz CT molecular complexity index is 502. The molecule has 20 heavy (non-hydrogen) atoms. The molecule has 0 fully saturated rings. The van der Waals surface area contributed by atoms with E-state index in [0.717, 1.165) is 4.90 Å². The van der Waals surface area contributed by atoms with Gasteiger partial charge in [-0.2, -0.15) is 0 Å². The number of ketones is 1. The standard InChI is InChI=1S/C14H17NO4S/c1-10(16)7-8-14(18)19-9-13(17)15-11-5-3-4-6-12(11)20-2/h3-6H,7-9H2,1-2H3,(H,15,17). The predicted octanol–water partition coefficient (Wildman–Crippen LogP) is 2.26. The van der Waals surface area contributed by atoms with Crippen LogP contribution in [-0.2, 0) is 19.1 Å². The van der Waals surface area contributed by atoms with Gasteiger partial charge in [-0.3, -0.25) is 9.59 Å². The first-order valence-electron chi connectivity index (χ1n) is 6.11. The number of ether oxygens (including phenoxy) is 1. The first-order valence-corrected chi connectivity index (χ1v) is 7.33. The molecule has 1 amide bonds. The summed E-state index contributed by atoms with van der Waals surface area (Å²) >= 11 is 1.51. The molecule has 0 aromatic heterocycles. The summed E-state index contributed by atoms with van der Waals surface area (Å²) in [5.74, 6) is -1.03. The number of Topliss-reactive ketones (excluding diaryl/α,β-unsaturated/α-hetero) is 1. The van der Waals surface area contributed by atoms with Crippen molar-refractivity contribution >= 4 is 35.1 Å². The van der Waals surface area contributed by atoms with E-state index in [1.165, 1.54) is 18.7 Å². The SMILES string of the molecule is CSc1ccccc1NC(=O)COC(=O)CCC(C)=O. The fraction of sp³-hybridized carbons (Fsp3) is 0.357. The van der Waals surface area contributed by atoms with Gasteiger partial charge in [0.25, 0.3) is 5.91 Å². The minimum Gasteiger partial charge on any atom is -0.456 e. The Morgan fingerprint density at radius 1 is 1.20 bits per heavy atom. The molecule has 1 N–H and O–H groups in total. The highest BCUT2D eigenvalue weighted by atomic mass is 32.2. The molecule has 0 unspecified atom stereocenters. The lowest BCUT2D eigenvalue weighted by molar-refractivity contribution is -0.148.